The van der Waals surface area contributed by atoms with E-state index < -0.39 is 0 Å². The minimum absolute atomic E-state index is 0.0420. The summed E-state index contributed by atoms with van der Waals surface area (Å²) in [5, 5.41) is 7.99. The molecular weight excluding hydrogens is 338 g/mol. The molecule has 0 saturated carbocycles. The molecule has 4 aromatic rings. The Morgan fingerprint density at radius 3 is 2.92 bits per heavy atom. The Balaban J connectivity index is 1.50. The first kappa shape index (κ1) is 15.1. The predicted molar refractivity (Wildman–Crippen MR) is 101 cm³/mol. The molecule has 0 fully saturated rings. The molecule has 0 unspecified atom stereocenters. The van der Waals surface area contributed by atoms with Gasteiger partial charge < -0.3 is 5.32 Å². The first-order valence-corrected chi connectivity index (χ1v) is 9.26. The van der Waals surface area contributed by atoms with Crippen LogP contribution in [0.2, 0.25) is 0 Å². The average Bonchev–Trinajstić information content (AvgIpc) is 3.09. The van der Waals surface area contributed by atoms with Crippen molar-refractivity contribution in [1.29, 1.82) is 0 Å². The number of carbonyl (C=O) groups is 1. The van der Waals surface area contributed by atoms with Gasteiger partial charge in [0.25, 0.3) is 0 Å². The number of nitrogens with zero attached hydrogens (tertiary/aromatic N) is 2. The lowest BCUT2D eigenvalue weighted by Crippen LogP contribution is -2.14. The summed E-state index contributed by atoms with van der Waals surface area (Å²) < 4.78 is 1.03. The molecule has 0 saturated heterocycles. The number of benzene rings is 2. The monoisotopic (exact) mass is 351 g/mol. The van der Waals surface area contributed by atoms with Gasteiger partial charge in [-0.1, -0.05) is 48.2 Å². The number of aromatic nitrogens is 2. The molecule has 0 aliphatic carbocycles. The van der Waals surface area contributed by atoms with Gasteiger partial charge in [0, 0.05) is 11.1 Å². The fourth-order valence-electron chi connectivity index (χ4n) is 2.52. The molecule has 0 radical (unpaired) electrons. The largest absolute Gasteiger partial charge is 0.325 e. The van der Waals surface area contributed by atoms with E-state index >= 15 is 0 Å². The summed E-state index contributed by atoms with van der Waals surface area (Å²) in [6, 6.07) is 15.9. The maximum absolute atomic E-state index is 12.3. The van der Waals surface area contributed by atoms with Crippen molar-refractivity contribution in [2.45, 2.75) is 5.03 Å². The van der Waals surface area contributed by atoms with Crippen molar-refractivity contribution >= 4 is 55.7 Å². The second kappa shape index (κ2) is 6.59. The van der Waals surface area contributed by atoms with Crippen LogP contribution < -0.4 is 5.32 Å². The van der Waals surface area contributed by atoms with Crippen molar-refractivity contribution in [3.63, 3.8) is 0 Å². The van der Waals surface area contributed by atoms with Gasteiger partial charge in [-0.05, 0) is 22.9 Å². The third-order valence-corrected chi connectivity index (χ3v) is 5.64. The fourth-order valence-corrected chi connectivity index (χ4v) is 4.27. The van der Waals surface area contributed by atoms with E-state index in [2.05, 4.69) is 15.3 Å². The van der Waals surface area contributed by atoms with Crippen molar-refractivity contribution in [1.82, 2.24) is 9.97 Å². The molecule has 118 valence electrons. The highest BCUT2D eigenvalue weighted by atomic mass is 32.2. The van der Waals surface area contributed by atoms with Crippen LogP contribution >= 0.6 is 23.1 Å². The number of anilines is 1. The number of nitrogens with one attached hydrogen (secondary N) is 1. The van der Waals surface area contributed by atoms with E-state index in [9.17, 15) is 4.79 Å². The van der Waals surface area contributed by atoms with Gasteiger partial charge in [-0.15, -0.1) is 11.3 Å². The second-order valence-electron chi connectivity index (χ2n) is 5.18. The topological polar surface area (TPSA) is 54.9 Å². The van der Waals surface area contributed by atoms with Gasteiger partial charge in [0.15, 0.2) is 0 Å². The number of fused-ring (bicyclic) bond motifs is 2. The molecule has 2 heterocycles. The minimum Gasteiger partial charge on any atom is -0.325 e. The van der Waals surface area contributed by atoms with Crippen molar-refractivity contribution < 1.29 is 4.79 Å². The molecule has 4 nitrogen and oxygen atoms in total. The first-order chi connectivity index (χ1) is 11.8. The number of thioether (sulfide) groups is 1. The Hall–Kier alpha value is -2.44. The molecular formula is C18H13N3OS2. The van der Waals surface area contributed by atoms with Gasteiger partial charge >= 0.3 is 0 Å². The van der Waals surface area contributed by atoms with Gasteiger partial charge in [0.2, 0.25) is 5.91 Å². The Bertz CT molecular complexity index is 1020. The molecule has 0 aliphatic rings. The molecule has 0 spiro atoms. The molecule has 4 rings (SSSR count). The van der Waals surface area contributed by atoms with E-state index in [0.717, 1.165) is 31.7 Å². The van der Waals surface area contributed by atoms with Crippen LogP contribution in [0.5, 0.6) is 0 Å². The zero-order valence-electron chi connectivity index (χ0n) is 12.6. The highest BCUT2D eigenvalue weighted by Gasteiger charge is 2.10. The third kappa shape index (κ3) is 2.98. The summed E-state index contributed by atoms with van der Waals surface area (Å²) in [4.78, 5) is 20.8. The highest BCUT2D eigenvalue weighted by Crippen LogP contribution is 2.29. The van der Waals surface area contributed by atoms with Crippen LogP contribution in [-0.4, -0.2) is 21.6 Å². The number of hydrogen-bond acceptors (Lipinski definition) is 5. The van der Waals surface area contributed by atoms with Crippen molar-refractivity contribution in [2.75, 3.05) is 11.1 Å². The van der Waals surface area contributed by atoms with E-state index in [1.54, 1.807) is 17.7 Å². The van der Waals surface area contributed by atoms with Gasteiger partial charge in [0.05, 0.1) is 16.0 Å². The van der Waals surface area contributed by atoms with E-state index in [1.807, 2.05) is 53.9 Å². The van der Waals surface area contributed by atoms with Crippen LogP contribution in [0.3, 0.4) is 0 Å². The van der Waals surface area contributed by atoms with E-state index in [-0.39, 0.29) is 5.91 Å². The number of amides is 1. The number of rotatable bonds is 4. The second-order valence-corrected chi connectivity index (χ2v) is 7.06. The average molecular weight is 351 g/mol. The fraction of sp³-hybridized carbons (Fsp3) is 0.0556. The third-order valence-electron chi connectivity index (χ3n) is 3.61. The quantitative estimate of drug-likeness (QED) is 0.432. The van der Waals surface area contributed by atoms with E-state index in [4.69, 9.17) is 0 Å². The summed E-state index contributed by atoms with van der Waals surface area (Å²) in [5.74, 6) is 0.271. The Kier molecular flexibility index (Phi) is 4.15. The molecule has 0 atom stereocenters. The van der Waals surface area contributed by atoms with Gasteiger partial charge in [-0.3, -0.25) is 4.79 Å². The van der Waals surface area contributed by atoms with Crippen LogP contribution in [-0.2, 0) is 4.79 Å². The predicted octanol–water partition coefficient (Wildman–Crippen LogP) is 4.58. The minimum atomic E-state index is -0.0420. The van der Waals surface area contributed by atoms with Crippen LogP contribution in [0.25, 0.3) is 21.0 Å². The van der Waals surface area contributed by atoms with Crippen molar-refractivity contribution in [3.05, 3.63) is 60.2 Å². The zero-order chi connectivity index (χ0) is 16.4. The molecule has 2 aromatic carbocycles. The highest BCUT2D eigenvalue weighted by molar-refractivity contribution is 8.00. The van der Waals surface area contributed by atoms with Crippen molar-refractivity contribution in [3.8, 4) is 0 Å². The summed E-state index contributed by atoms with van der Waals surface area (Å²) in [7, 11) is 0. The smallest absolute Gasteiger partial charge is 0.234 e. The molecule has 24 heavy (non-hydrogen) atoms. The molecule has 0 bridgehead atoms. The molecule has 0 aliphatic heterocycles. The Labute approximate surface area is 146 Å². The van der Waals surface area contributed by atoms with Crippen LogP contribution in [0.4, 0.5) is 5.69 Å². The Morgan fingerprint density at radius 2 is 1.96 bits per heavy atom. The first-order valence-electron chi connectivity index (χ1n) is 7.40. The van der Waals surface area contributed by atoms with Crippen molar-refractivity contribution in [2.24, 2.45) is 0 Å². The number of hydrogen-bond donors (Lipinski definition) is 1. The lowest BCUT2D eigenvalue weighted by molar-refractivity contribution is -0.113. The summed E-state index contributed by atoms with van der Waals surface area (Å²) in [6.45, 7) is 0. The molecule has 2 aromatic heterocycles. The van der Waals surface area contributed by atoms with E-state index in [1.165, 1.54) is 11.8 Å². The summed E-state index contributed by atoms with van der Waals surface area (Å²) in [5.41, 5.74) is 1.76. The summed E-state index contributed by atoms with van der Waals surface area (Å²) >= 11 is 3.03. The van der Waals surface area contributed by atoms with Gasteiger partial charge in [-0.25, -0.2) is 9.97 Å². The van der Waals surface area contributed by atoms with Crippen LogP contribution in [0.15, 0.2) is 65.3 Å². The molecule has 1 amide bonds. The SMILES string of the molecule is O=C(CSc1ncnc2ccsc12)Nc1cccc2ccccc12. The summed E-state index contributed by atoms with van der Waals surface area (Å²) in [6.07, 6.45) is 1.54. The Morgan fingerprint density at radius 1 is 1.08 bits per heavy atom. The maximum atomic E-state index is 12.3. The van der Waals surface area contributed by atoms with Crippen LogP contribution in [0, 0.1) is 0 Å². The standard InChI is InChI=1S/C18H13N3OS2/c22-16(10-24-18-17-15(8-9-23-17)19-11-20-18)21-14-7-3-5-12-4-1-2-6-13(12)14/h1-9,11H,10H2,(H,21,22). The number of thiophene rings is 1. The normalized spacial score (nSPS) is 11.0. The number of carbonyl (C=O) groups excluding carboxylic acids is 1. The van der Waals surface area contributed by atoms with E-state index in [0.29, 0.717) is 5.75 Å². The van der Waals surface area contributed by atoms with Gasteiger partial charge in [0.1, 0.15) is 11.4 Å². The molecule has 1 N–H and O–H groups in total. The maximum Gasteiger partial charge on any atom is 0.234 e. The lowest BCUT2D eigenvalue weighted by Gasteiger charge is -2.08. The van der Waals surface area contributed by atoms with Crippen LogP contribution in [0.1, 0.15) is 0 Å². The lowest BCUT2D eigenvalue weighted by atomic mass is 10.1. The zero-order valence-corrected chi connectivity index (χ0v) is 14.2. The molecule has 6 heteroatoms. The van der Waals surface area contributed by atoms with Gasteiger partial charge in [-0.2, -0.15) is 0 Å².